The molecule has 0 radical (unpaired) electrons. The quantitative estimate of drug-likeness (QED) is 0.499. The summed E-state index contributed by atoms with van der Waals surface area (Å²) in [5.41, 5.74) is 6.42. The van der Waals surface area contributed by atoms with Crippen molar-refractivity contribution in [2.24, 2.45) is 0 Å². The second-order valence-corrected chi connectivity index (χ2v) is 10.7. The van der Waals surface area contributed by atoms with Crippen LogP contribution in [0.3, 0.4) is 0 Å². The summed E-state index contributed by atoms with van der Waals surface area (Å²) >= 11 is 0. The Bertz CT molecular complexity index is 1290. The van der Waals surface area contributed by atoms with Crippen molar-refractivity contribution in [3.8, 4) is 11.3 Å². The van der Waals surface area contributed by atoms with Crippen LogP contribution >= 0.6 is 0 Å². The summed E-state index contributed by atoms with van der Waals surface area (Å²) in [5, 5.41) is 6.67. The second kappa shape index (κ2) is 11.7. The van der Waals surface area contributed by atoms with Gasteiger partial charge in [0.05, 0.1) is 24.9 Å². The molecular weight excluding hydrogens is 490 g/mol. The lowest BCUT2D eigenvalue weighted by Gasteiger charge is -2.30. The highest BCUT2D eigenvalue weighted by atomic mass is 16.5. The first kappa shape index (κ1) is 25.7. The lowest BCUT2D eigenvalue weighted by molar-refractivity contribution is -0.125. The number of hydrogen-bond donors (Lipinski definition) is 2. The van der Waals surface area contributed by atoms with E-state index in [1.165, 1.54) is 11.1 Å². The average Bonchev–Trinajstić information content (AvgIpc) is 3.41. The van der Waals surface area contributed by atoms with Gasteiger partial charge >= 0.3 is 0 Å². The summed E-state index contributed by atoms with van der Waals surface area (Å²) in [6.45, 7) is 7.06. The predicted octanol–water partition coefficient (Wildman–Crippen LogP) is 3.25. The number of hydrogen-bond acceptors (Lipinski definition) is 8. The van der Waals surface area contributed by atoms with Crippen LogP contribution in [0.15, 0.2) is 54.7 Å². The van der Waals surface area contributed by atoms with E-state index in [1.807, 2.05) is 6.07 Å². The summed E-state index contributed by atoms with van der Waals surface area (Å²) in [6, 6.07) is 16.9. The number of nitrogens with one attached hydrogen (secondary N) is 2. The van der Waals surface area contributed by atoms with Gasteiger partial charge in [0.1, 0.15) is 0 Å². The number of amides is 1. The molecule has 1 aromatic heterocycles. The molecule has 2 saturated heterocycles. The highest BCUT2D eigenvalue weighted by molar-refractivity contribution is 5.82. The Morgan fingerprint density at radius 3 is 2.64 bits per heavy atom. The Morgan fingerprint density at radius 1 is 0.949 bits per heavy atom. The number of anilines is 3. The van der Waals surface area contributed by atoms with Crippen LogP contribution in [0.1, 0.15) is 24.0 Å². The first-order valence-electron chi connectivity index (χ1n) is 14.0. The molecule has 1 amide bonds. The normalized spacial score (nSPS) is 21.2. The number of carbonyl (C=O) groups is 1. The van der Waals surface area contributed by atoms with Gasteiger partial charge in [-0.15, -0.1) is 0 Å². The summed E-state index contributed by atoms with van der Waals surface area (Å²) in [4.78, 5) is 29.5. The zero-order chi connectivity index (χ0) is 26.6. The Balaban J connectivity index is 1.35. The molecule has 0 spiro atoms. The van der Waals surface area contributed by atoms with Gasteiger partial charge in [-0.05, 0) is 61.8 Å². The van der Waals surface area contributed by atoms with Crippen molar-refractivity contribution in [2.45, 2.75) is 32.0 Å². The molecule has 3 aromatic rings. The number of fused-ring (bicyclic) bond motifs is 7. The zero-order valence-corrected chi connectivity index (χ0v) is 22.6. The van der Waals surface area contributed by atoms with E-state index in [2.05, 4.69) is 79.8 Å². The van der Waals surface area contributed by atoms with Crippen LogP contribution in [0.4, 0.5) is 17.3 Å². The van der Waals surface area contributed by atoms with Crippen molar-refractivity contribution in [3.05, 3.63) is 65.9 Å². The lowest BCUT2D eigenvalue weighted by atomic mass is 10.1. The van der Waals surface area contributed by atoms with E-state index in [0.29, 0.717) is 12.5 Å². The summed E-state index contributed by atoms with van der Waals surface area (Å²) in [6.07, 6.45) is 3.73. The molecule has 7 rings (SSSR count). The van der Waals surface area contributed by atoms with Crippen molar-refractivity contribution in [2.75, 3.05) is 63.2 Å². The van der Waals surface area contributed by atoms with Gasteiger partial charge in [-0.2, -0.15) is 0 Å². The fourth-order valence-electron chi connectivity index (χ4n) is 5.76. The molecule has 0 aliphatic carbocycles. The van der Waals surface area contributed by atoms with E-state index >= 15 is 0 Å². The molecule has 2 aromatic carbocycles. The van der Waals surface area contributed by atoms with E-state index in [9.17, 15) is 4.79 Å². The summed E-state index contributed by atoms with van der Waals surface area (Å²) < 4.78 is 5.60. The molecule has 5 heterocycles. The van der Waals surface area contributed by atoms with Crippen molar-refractivity contribution in [1.82, 2.24) is 25.1 Å². The fraction of sp³-hybridized carbons (Fsp3) is 0.433. The molecule has 2 fully saturated rings. The minimum absolute atomic E-state index is 0.100. The van der Waals surface area contributed by atoms with Crippen LogP contribution in [-0.2, 0) is 22.6 Å². The molecule has 6 bridgehead atoms. The fourth-order valence-corrected chi connectivity index (χ4v) is 5.76. The van der Waals surface area contributed by atoms with Gasteiger partial charge in [0.25, 0.3) is 0 Å². The smallest absolute Gasteiger partial charge is 0.237 e. The van der Waals surface area contributed by atoms with Crippen LogP contribution in [0.25, 0.3) is 11.3 Å². The minimum Gasteiger partial charge on any atom is -0.378 e. The number of benzene rings is 2. The average molecular weight is 528 g/mol. The van der Waals surface area contributed by atoms with Crippen LogP contribution < -0.4 is 15.5 Å². The van der Waals surface area contributed by atoms with Crippen molar-refractivity contribution >= 4 is 23.2 Å². The van der Waals surface area contributed by atoms with Gasteiger partial charge in [0.15, 0.2) is 0 Å². The highest BCUT2D eigenvalue weighted by Gasteiger charge is 2.30. The van der Waals surface area contributed by atoms with Crippen molar-refractivity contribution in [1.29, 1.82) is 0 Å². The van der Waals surface area contributed by atoms with E-state index in [-0.39, 0.29) is 11.9 Å². The minimum atomic E-state index is -0.100. The van der Waals surface area contributed by atoms with E-state index in [4.69, 9.17) is 9.72 Å². The van der Waals surface area contributed by atoms with Gasteiger partial charge in [0, 0.05) is 62.4 Å². The Morgan fingerprint density at radius 2 is 1.79 bits per heavy atom. The van der Waals surface area contributed by atoms with E-state index in [1.54, 1.807) is 6.20 Å². The second-order valence-electron chi connectivity index (χ2n) is 10.7. The maximum Gasteiger partial charge on any atom is 0.237 e. The van der Waals surface area contributed by atoms with Crippen LogP contribution in [0, 0.1) is 0 Å². The SMILES string of the molecule is CN1CCNC(=O)[C@@H]2CCCN2Cc2cc(cc(N3CCOCC3)c2)Nc2nccc(n2)-c2ccc(cc2)C1. The first-order chi connectivity index (χ1) is 19.1. The molecule has 9 heteroatoms. The Kier molecular flexibility index (Phi) is 7.71. The van der Waals surface area contributed by atoms with E-state index < -0.39 is 0 Å². The Hall–Kier alpha value is -3.53. The number of morpholine rings is 1. The first-order valence-corrected chi connectivity index (χ1v) is 14.0. The third kappa shape index (κ3) is 6.21. The molecular formula is C30H37N7O2. The maximum absolute atomic E-state index is 13.2. The molecule has 4 aliphatic rings. The largest absolute Gasteiger partial charge is 0.378 e. The molecule has 2 N–H and O–H groups in total. The van der Waals surface area contributed by atoms with Gasteiger partial charge in [-0.25, -0.2) is 9.97 Å². The number of aromatic nitrogens is 2. The van der Waals surface area contributed by atoms with Crippen molar-refractivity contribution in [3.63, 3.8) is 0 Å². The molecule has 204 valence electrons. The molecule has 0 saturated carbocycles. The van der Waals surface area contributed by atoms with Crippen LogP contribution in [-0.4, -0.2) is 84.7 Å². The number of nitrogens with zero attached hydrogens (tertiary/aromatic N) is 5. The molecule has 9 nitrogen and oxygen atoms in total. The lowest BCUT2D eigenvalue weighted by Crippen LogP contribution is -2.44. The number of carbonyl (C=O) groups excluding carboxylic acids is 1. The third-order valence-corrected chi connectivity index (χ3v) is 7.81. The van der Waals surface area contributed by atoms with Gasteiger partial charge in [-0.3, -0.25) is 9.69 Å². The van der Waals surface area contributed by atoms with Gasteiger partial charge in [-0.1, -0.05) is 24.3 Å². The number of ether oxygens (including phenoxy) is 1. The van der Waals surface area contributed by atoms with Gasteiger partial charge in [0.2, 0.25) is 11.9 Å². The molecule has 0 unspecified atom stereocenters. The summed E-state index contributed by atoms with van der Waals surface area (Å²) in [5.74, 6) is 0.696. The van der Waals surface area contributed by atoms with Crippen LogP contribution in [0.5, 0.6) is 0 Å². The van der Waals surface area contributed by atoms with Crippen LogP contribution in [0.2, 0.25) is 0 Å². The Labute approximate surface area is 230 Å². The number of likely N-dealkylation sites (N-methyl/N-ethyl adjacent to an activating group) is 1. The third-order valence-electron chi connectivity index (χ3n) is 7.81. The van der Waals surface area contributed by atoms with E-state index in [0.717, 1.165) is 88.0 Å². The monoisotopic (exact) mass is 527 g/mol. The summed E-state index contributed by atoms with van der Waals surface area (Å²) in [7, 11) is 2.09. The van der Waals surface area contributed by atoms with Crippen molar-refractivity contribution < 1.29 is 9.53 Å². The zero-order valence-electron chi connectivity index (χ0n) is 22.6. The number of rotatable bonds is 1. The highest BCUT2D eigenvalue weighted by Crippen LogP contribution is 2.29. The molecule has 1 atom stereocenters. The maximum atomic E-state index is 13.2. The molecule has 39 heavy (non-hydrogen) atoms. The van der Waals surface area contributed by atoms with Gasteiger partial charge < -0.3 is 25.2 Å². The topological polar surface area (TPSA) is 85.9 Å². The standard InChI is InChI=1S/C30H37N7O2/c1-35-12-10-31-29(38)28-3-2-11-37(28)21-23-17-25(19-26(18-23)36-13-15-39-16-14-36)33-30-32-9-8-27(34-30)24-6-4-22(20-35)5-7-24/h4-9,17-19,28H,2-3,10-16,20-21H2,1H3,(H,31,38)(H,32,33,34)/t28-/m0/s1. The molecule has 4 aliphatic heterocycles. The predicted molar refractivity (Wildman–Crippen MR) is 153 cm³/mol.